The summed E-state index contributed by atoms with van der Waals surface area (Å²) in [5.74, 6) is 0.513. The highest BCUT2D eigenvalue weighted by Crippen LogP contribution is 2.20. The number of benzene rings is 2. The second-order valence-corrected chi connectivity index (χ2v) is 7.66. The van der Waals surface area contributed by atoms with Gasteiger partial charge in [-0.3, -0.25) is 4.79 Å². The summed E-state index contributed by atoms with van der Waals surface area (Å²) in [7, 11) is 0. The normalized spacial score (nSPS) is 10.8. The second-order valence-electron chi connectivity index (χ2n) is 6.74. The first-order valence-corrected chi connectivity index (χ1v) is 10.1. The molecule has 4 rings (SSSR count). The van der Waals surface area contributed by atoms with E-state index in [0.717, 1.165) is 21.6 Å². The van der Waals surface area contributed by atoms with Gasteiger partial charge < -0.3 is 10.1 Å². The van der Waals surface area contributed by atoms with E-state index < -0.39 is 0 Å². The number of aryl methyl sites for hydroxylation is 1. The molecule has 152 valence electrons. The van der Waals surface area contributed by atoms with Crippen LogP contribution >= 0.6 is 15.9 Å². The molecule has 0 fully saturated rings. The number of para-hydroxylation sites is 1. The predicted octanol–water partition coefficient (Wildman–Crippen LogP) is 4.74. The molecule has 0 aliphatic heterocycles. The fourth-order valence-corrected chi connectivity index (χ4v) is 3.42. The lowest BCUT2D eigenvalue weighted by Gasteiger charge is -2.06. The highest BCUT2D eigenvalue weighted by Gasteiger charge is 2.20. The van der Waals surface area contributed by atoms with Gasteiger partial charge in [0.05, 0.1) is 40.7 Å². The minimum Gasteiger partial charge on any atom is -0.471 e. The van der Waals surface area contributed by atoms with Gasteiger partial charge in [-0.2, -0.15) is 10.2 Å². The lowest BCUT2D eigenvalue weighted by molar-refractivity contribution is 0.102. The van der Waals surface area contributed by atoms with Gasteiger partial charge in [0.25, 0.3) is 5.91 Å². The first-order chi connectivity index (χ1) is 14.5. The van der Waals surface area contributed by atoms with Crippen molar-refractivity contribution < 1.29 is 9.53 Å². The van der Waals surface area contributed by atoms with Crippen LogP contribution < -0.4 is 10.1 Å². The molecule has 8 heteroatoms. The number of nitrogens with zero attached hydrogens (tertiary/aromatic N) is 4. The largest absolute Gasteiger partial charge is 0.471 e. The first kappa shape index (κ1) is 19.9. The predicted molar refractivity (Wildman–Crippen MR) is 118 cm³/mol. The zero-order valence-electron chi connectivity index (χ0n) is 16.5. The number of aromatic nitrogens is 4. The van der Waals surface area contributed by atoms with E-state index in [2.05, 4.69) is 31.4 Å². The average molecular weight is 466 g/mol. The third kappa shape index (κ3) is 4.28. The van der Waals surface area contributed by atoms with Crippen molar-refractivity contribution >= 4 is 27.5 Å². The molecule has 4 aromatic rings. The number of ether oxygens (including phenoxy) is 1. The van der Waals surface area contributed by atoms with Crippen molar-refractivity contribution in [2.45, 2.75) is 20.6 Å². The molecular formula is C22H20BrN5O2. The van der Waals surface area contributed by atoms with Crippen molar-refractivity contribution in [1.82, 2.24) is 19.6 Å². The molecular weight excluding hydrogens is 446 g/mol. The Hall–Kier alpha value is -3.39. The van der Waals surface area contributed by atoms with E-state index in [9.17, 15) is 4.79 Å². The molecule has 2 heterocycles. The molecule has 2 aromatic heterocycles. The molecule has 0 radical (unpaired) electrons. The number of carbonyl (C=O) groups excluding carboxylic acids is 1. The third-order valence-electron chi connectivity index (χ3n) is 4.59. The van der Waals surface area contributed by atoms with Gasteiger partial charge in [-0.05, 0) is 50.2 Å². The smallest absolute Gasteiger partial charge is 0.259 e. The summed E-state index contributed by atoms with van der Waals surface area (Å²) in [5, 5.41) is 11.7. The van der Waals surface area contributed by atoms with Gasteiger partial charge in [0.2, 0.25) is 0 Å². The van der Waals surface area contributed by atoms with Crippen LogP contribution in [0.4, 0.5) is 5.69 Å². The highest BCUT2D eigenvalue weighted by molar-refractivity contribution is 9.10. The Morgan fingerprint density at radius 1 is 1.10 bits per heavy atom. The summed E-state index contributed by atoms with van der Waals surface area (Å²) in [6.07, 6.45) is 3.32. The number of amides is 1. The number of halogens is 1. The van der Waals surface area contributed by atoms with E-state index in [1.165, 1.54) is 0 Å². The maximum atomic E-state index is 12.9. The number of anilines is 1. The van der Waals surface area contributed by atoms with E-state index in [0.29, 0.717) is 16.9 Å². The van der Waals surface area contributed by atoms with Gasteiger partial charge in [-0.25, -0.2) is 9.36 Å². The van der Waals surface area contributed by atoms with Gasteiger partial charge >= 0.3 is 0 Å². The van der Waals surface area contributed by atoms with Crippen molar-refractivity contribution in [2.75, 3.05) is 5.32 Å². The van der Waals surface area contributed by atoms with Gasteiger partial charge in [-0.15, -0.1) is 0 Å². The van der Waals surface area contributed by atoms with Crippen LogP contribution in [0.3, 0.4) is 0 Å². The van der Waals surface area contributed by atoms with Crippen molar-refractivity contribution in [1.29, 1.82) is 0 Å². The highest BCUT2D eigenvalue weighted by atomic mass is 79.9. The summed E-state index contributed by atoms with van der Waals surface area (Å²) < 4.78 is 10.1. The Kier molecular flexibility index (Phi) is 5.67. The molecule has 0 unspecified atom stereocenters. The summed E-state index contributed by atoms with van der Waals surface area (Å²) in [6.45, 7) is 3.95. The second kappa shape index (κ2) is 8.54. The van der Waals surface area contributed by atoms with Crippen molar-refractivity contribution in [3.8, 4) is 11.4 Å². The summed E-state index contributed by atoms with van der Waals surface area (Å²) >= 11 is 3.39. The standard InChI is InChI=1S/C22H20BrN5O2/c1-15-21(16(2)28(26-15)19-6-4-3-5-7-19)22(29)25-18-12-24-27(13-18)14-30-20-10-8-17(23)9-11-20/h3-13H,14H2,1-2H3,(H,25,29). The van der Waals surface area contributed by atoms with E-state index in [1.807, 2.05) is 68.4 Å². The van der Waals surface area contributed by atoms with Crippen LogP contribution in [0, 0.1) is 13.8 Å². The van der Waals surface area contributed by atoms with Crippen LogP contribution in [0.15, 0.2) is 71.5 Å². The molecule has 0 bridgehead atoms. The summed E-state index contributed by atoms with van der Waals surface area (Å²) in [5.41, 5.74) is 3.50. The number of hydrogen-bond donors (Lipinski definition) is 1. The molecule has 2 aromatic carbocycles. The zero-order valence-corrected chi connectivity index (χ0v) is 18.1. The monoisotopic (exact) mass is 465 g/mol. The molecule has 0 aliphatic carbocycles. The van der Waals surface area contributed by atoms with Gasteiger partial charge in [0.1, 0.15) is 5.75 Å². The molecule has 0 saturated heterocycles. The summed E-state index contributed by atoms with van der Waals surface area (Å²) in [6, 6.07) is 17.3. The van der Waals surface area contributed by atoms with Crippen molar-refractivity contribution in [3.05, 3.63) is 88.4 Å². The average Bonchev–Trinajstić information content (AvgIpc) is 3.31. The minimum absolute atomic E-state index is 0.222. The molecule has 7 nitrogen and oxygen atoms in total. The van der Waals surface area contributed by atoms with Crippen molar-refractivity contribution in [3.63, 3.8) is 0 Å². The van der Waals surface area contributed by atoms with Crippen LogP contribution in [0.2, 0.25) is 0 Å². The Morgan fingerprint density at radius 3 is 2.57 bits per heavy atom. The van der Waals surface area contributed by atoms with Crippen LogP contribution in [0.25, 0.3) is 5.69 Å². The molecule has 0 spiro atoms. The SMILES string of the molecule is Cc1nn(-c2ccccc2)c(C)c1C(=O)Nc1cnn(COc2ccc(Br)cc2)c1. The Bertz CT molecular complexity index is 1170. The van der Waals surface area contributed by atoms with E-state index in [-0.39, 0.29) is 12.6 Å². The van der Waals surface area contributed by atoms with Gasteiger partial charge in [-0.1, -0.05) is 34.1 Å². The Balaban J connectivity index is 1.45. The Morgan fingerprint density at radius 2 is 1.83 bits per heavy atom. The van der Waals surface area contributed by atoms with E-state index in [1.54, 1.807) is 21.8 Å². The van der Waals surface area contributed by atoms with E-state index >= 15 is 0 Å². The number of rotatable bonds is 6. The quantitative estimate of drug-likeness (QED) is 0.446. The molecule has 0 saturated carbocycles. The van der Waals surface area contributed by atoms with Gasteiger partial charge in [0.15, 0.2) is 6.73 Å². The first-order valence-electron chi connectivity index (χ1n) is 9.35. The molecule has 0 aliphatic rings. The molecule has 30 heavy (non-hydrogen) atoms. The topological polar surface area (TPSA) is 74.0 Å². The van der Waals surface area contributed by atoms with Crippen molar-refractivity contribution in [2.24, 2.45) is 0 Å². The lowest BCUT2D eigenvalue weighted by atomic mass is 10.2. The Labute approximate surface area is 182 Å². The fourth-order valence-electron chi connectivity index (χ4n) is 3.16. The maximum Gasteiger partial charge on any atom is 0.259 e. The van der Waals surface area contributed by atoms with Gasteiger partial charge in [0, 0.05) is 4.47 Å². The molecule has 1 N–H and O–H groups in total. The van der Waals surface area contributed by atoms with Crippen LogP contribution in [0.1, 0.15) is 21.7 Å². The van der Waals surface area contributed by atoms with E-state index in [4.69, 9.17) is 4.74 Å². The lowest BCUT2D eigenvalue weighted by Crippen LogP contribution is -2.14. The number of hydrogen-bond acceptors (Lipinski definition) is 4. The zero-order chi connectivity index (χ0) is 21.1. The van der Waals surface area contributed by atoms with Crippen LogP contribution in [0.5, 0.6) is 5.75 Å². The fraction of sp³-hybridized carbons (Fsp3) is 0.136. The van der Waals surface area contributed by atoms with Crippen LogP contribution in [-0.4, -0.2) is 25.5 Å². The molecule has 0 atom stereocenters. The summed E-state index contributed by atoms with van der Waals surface area (Å²) in [4.78, 5) is 12.9. The number of nitrogens with one attached hydrogen (secondary N) is 1. The maximum absolute atomic E-state index is 12.9. The minimum atomic E-state index is -0.222. The third-order valence-corrected chi connectivity index (χ3v) is 5.12. The van der Waals surface area contributed by atoms with Crippen LogP contribution in [-0.2, 0) is 6.73 Å². The number of carbonyl (C=O) groups is 1. The molecule has 1 amide bonds.